The Labute approximate surface area is 172 Å². The van der Waals surface area contributed by atoms with Crippen molar-refractivity contribution in [2.24, 2.45) is 0 Å². The number of carbonyl (C=O) groups is 2. The van der Waals surface area contributed by atoms with Gasteiger partial charge in [0.25, 0.3) is 0 Å². The zero-order valence-electron chi connectivity index (χ0n) is 16.1. The molecule has 1 aliphatic heterocycles. The Morgan fingerprint density at radius 1 is 1.23 bits per heavy atom. The third-order valence-corrected chi connectivity index (χ3v) is 4.69. The summed E-state index contributed by atoms with van der Waals surface area (Å²) in [5.74, 6) is -0.00364. The Hall–Kier alpha value is -3.75. The van der Waals surface area contributed by atoms with Gasteiger partial charge in [0.05, 0.1) is 6.61 Å². The number of nitrogens with one attached hydrogen (secondary N) is 2. The topological polar surface area (TPSA) is 98.1 Å². The van der Waals surface area contributed by atoms with E-state index in [-0.39, 0.29) is 23.9 Å². The summed E-state index contributed by atoms with van der Waals surface area (Å²) in [7, 11) is 0. The molecule has 3 aromatic rings. The van der Waals surface area contributed by atoms with Crippen LogP contribution >= 0.6 is 0 Å². The van der Waals surface area contributed by atoms with Gasteiger partial charge < -0.3 is 15.4 Å². The number of aromatic nitrogens is 3. The molecule has 154 valence electrons. The lowest BCUT2D eigenvalue weighted by Gasteiger charge is -2.17. The van der Waals surface area contributed by atoms with Crippen LogP contribution in [0.5, 0.6) is 5.75 Å². The second-order valence-electron chi connectivity index (χ2n) is 6.87. The number of anilines is 2. The molecule has 9 heteroatoms. The standard InChI is InChI=1S/C21H20FN5O3/c22-17-11-15(4-7-19(17)27-13-23-12-24-27)25-20(28)2-1-9-30-16-5-6-18-14(10-16)3-8-21(29)26-18/h4-7,10-13H,1-3,8-9H2,(H,25,28)(H,26,29). The second kappa shape index (κ2) is 8.73. The zero-order chi connectivity index (χ0) is 20.9. The SMILES string of the molecule is O=C(CCCOc1ccc2c(c1)CCC(=O)N2)Nc1ccc(-n2cncn2)c(F)c1. The molecular formula is C21H20FN5O3. The molecule has 2 heterocycles. The minimum atomic E-state index is -0.509. The molecular weight excluding hydrogens is 389 g/mol. The molecule has 0 saturated carbocycles. The molecule has 0 radical (unpaired) electrons. The Balaban J connectivity index is 1.24. The van der Waals surface area contributed by atoms with Crippen LogP contribution in [0, 0.1) is 5.82 Å². The van der Waals surface area contributed by atoms with E-state index >= 15 is 0 Å². The first-order chi connectivity index (χ1) is 14.6. The number of nitrogens with zero attached hydrogens (tertiary/aromatic N) is 3. The molecule has 0 saturated heterocycles. The van der Waals surface area contributed by atoms with Crippen LogP contribution in [0.3, 0.4) is 0 Å². The molecule has 2 aromatic carbocycles. The van der Waals surface area contributed by atoms with E-state index in [1.54, 1.807) is 12.1 Å². The Kier molecular flexibility index (Phi) is 5.69. The third-order valence-electron chi connectivity index (χ3n) is 4.69. The molecule has 0 unspecified atom stereocenters. The molecule has 30 heavy (non-hydrogen) atoms. The van der Waals surface area contributed by atoms with E-state index in [9.17, 15) is 14.0 Å². The number of amides is 2. The zero-order valence-corrected chi connectivity index (χ0v) is 16.1. The predicted octanol–water partition coefficient (Wildman–Crippen LogP) is 3.09. The lowest BCUT2D eigenvalue weighted by atomic mass is 10.0. The summed E-state index contributed by atoms with van der Waals surface area (Å²) in [4.78, 5) is 27.3. The van der Waals surface area contributed by atoms with E-state index in [4.69, 9.17) is 4.74 Å². The Morgan fingerprint density at radius 2 is 2.13 bits per heavy atom. The van der Waals surface area contributed by atoms with Crippen LogP contribution in [-0.4, -0.2) is 33.2 Å². The van der Waals surface area contributed by atoms with Gasteiger partial charge in [0.15, 0.2) is 5.82 Å². The summed E-state index contributed by atoms with van der Waals surface area (Å²) < 4.78 is 21.2. The number of aryl methyl sites for hydroxylation is 1. The second-order valence-corrected chi connectivity index (χ2v) is 6.87. The van der Waals surface area contributed by atoms with Crippen molar-refractivity contribution in [2.45, 2.75) is 25.7 Å². The van der Waals surface area contributed by atoms with E-state index in [0.717, 1.165) is 11.3 Å². The van der Waals surface area contributed by atoms with Gasteiger partial charge in [-0.1, -0.05) is 0 Å². The molecule has 0 bridgehead atoms. The molecule has 1 aromatic heterocycles. The number of hydrogen-bond donors (Lipinski definition) is 2. The third kappa shape index (κ3) is 4.62. The van der Waals surface area contributed by atoms with Gasteiger partial charge >= 0.3 is 0 Å². The number of halogens is 1. The highest BCUT2D eigenvalue weighted by atomic mass is 19.1. The fraction of sp³-hybridized carbons (Fsp3) is 0.238. The van der Waals surface area contributed by atoms with Gasteiger partial charge in [0.1, 0.15) is 24.1 Å². The first-order valence-electron chi connectivity index (χ1n) is 9.58. The Morgan fingerprint density at radius 3 is 2.93 bits per heavy atom. The summed E-state index contributed by atoms with van der Waals surface area (Å²) in [6.45, 7) is 0.373. The minimum absolute atomic E-state index is 0.0232. The van der Waals surface area contributed by atoms with Crippen molar-refractivity contribution in [3.63, 3.8) is 0 Å². The molecule has 0 aliphatic carbocycles. The van der Waals surface area contributed by atoms with Crippen LogP contribution in [0.1, 0.15) is 24.8 Å². The molecule has 4 rings (SSSR count). The maximum absolute atomic E-state index is 14.2. The molecule has 8 nitrogen and oxygen atoms in total. The van der Waals surface area contributed by atoms with Gasteiger partial charge in [0, 0.05) is 24.2 Å². The van der Waals surface area contributed by atoms with Crippen LogP contribution < -0.4 is 15.4 Å². The van der Waals surface area contributed by atoms with E-state index in [1.165, 1.54) is 29.5 Å². The fourth-order valence-corrected chi connectivity index (χ4v) is 3.20. The molecule has 0 fully saturated rings. The number of carbonyl (C=O) groups excluding carboxylic acids is 2. The fourth-order valence-electron chi connectivity index (χ4n) is 3.20. The van der Waals surface area contributed by atoms with Gasteiger partial charge in [0.2, 0.25) is 11.8 Å². The van der Waals surface area contributed by atoms with E-state index in [1.807, 2.05) is 12.1 Å². The first kappa shape index (κ1) is 19.6. The van der Waals surface area contributed by atoms with Crippen molar-refractivity contribution in [1.82, 2.24) is 14.8 Å². The van der Waals surface area contributed by atoms with E-state index in [0.29, 0.717) is 37.3 Å². The van der Waals surface area contributed by atoms with Crippen molar-refractivity contribution in [3.05, 3.63) is 60.4 Å². The summed E-state index contributed by atoms with van der Waals surface area (Å²) >= 11 is 0. The lowest BCUT2D eigenvalue weighted by molar-refractivity contribution is -0.117. The average Bonchev–Trinajstić information content (AvgIpc) is 3.26. The number of hydrogen-bond acceptors (Lipinski definition) is 5. The lowest BCUT2D eigenvalue weighted by Crippen LogP contribution is -2.18. The maximum Gasteiger partial charge on any atom is 0.224 e. The minimum Gasteiger partial charge on any atom is -0.494 e. The molecule has 2 N–H and O–H groups in total. The van der Waals surface area contributed by atoms with Gasteiger partial charge in [-0.05, 0) is 54.8 Å². The number of benzene rings is 2. The predicted molar refractivity (Wildman–Crippen MR) is 108 cm³/mol. The Bertz CT molecular complexity index is 1070. The average molecular weight is 409 g/mol. The summed E-state index contributed by atoms with van der Waals surface area (Å²) in [6, 6.07) is 9.92. The van der Waals surface area contributed by atoms with Gasteiger partial charge in [-0.25, -0.2) is 14.1 Å². The highest BCUT2D eigenvalue weighted by molar-refractivity contribution is 5.94. The quantitative estimate of drug-likeness (QED) is 0.585. The monoisotopic (exact) mass is 409 g/mol. The number of rotatable bonds is 7. The van der Waals surface area contributed by atoms with Crippen LogP contribution in [-0.2, 0) is 16.0 Å². The van der Waals surface area contributed by atoms with E-state index < -0.39 is 5.82 Å². The molecule has 1 aliphatic rings. The smallest absolute Gasteiger partial charge is 0.224 e. The summed E-state index contributed by atoms with van der Waals surface area (Å²) in [6.07, 6.45) is 4.63. The van der Waals surface area contributed by atoms with Crippen molar-refractivity contribution in [3.8, 4) is 11.4 Å². The first-order valence-corrected chi connectivity index (χ1v) is 9.58. The van der Waals surface area contributed by atoms with Crippen LogP contribution in [0.2, 0.25) is 0 Å². The molecule has 0 atom stereocenters. The van der Waals surface area contributed by atoms with Crippen LogP contribution in [0.4, 0.5) is 15.8 Å². The largest absolute Gasteiger partial charge is 0.494 e. The molecule has 0 spiro atoms. The number of ether oxygens (including phenoxy) is 1. The van der Waals surface area contributed by atoms with Gasteiger partial charge in [-0.15, -0.1) is 0 Å². The van der Waals surface area contributed by atoms with Gasteiger partial charge in [-0.3, -0.25) is 9.59 Å². The van der Waals surface area contributed by atoms with E-state index in [2.05, 4.69) is 20.7 Å². The molecule has 2 amide bonds. The highest BCUT2D eigenvalue weighted by Gasteiger charge is 2.15. The normalized spacial score (nSPS) is 12.8. The van der Waals surface area contributed by atoms with Crippen molar-refractivity contribution < 1.29 is 18.7 Å². The van der Waals surface area contributed by atoms with Crippen LogP contribution in [0.15, 0.2) is 49.1 Å². The maximum atomic E-state index is 14.2. The number of fused-ring (bicyclic) bond motifs is 1. The highest BCUT2D eigenvalue weighted by Crippen LogP contribution is 2.27. The van der Waals surface area contributed by atoms with Crippen molar-refractivity contribution in [2.75, 3.05) is 17.2 Å². The van der Waals surface area contributed by atoms with Gasteiger partial charge in [-0.2, -0.15) is 5.10 Å². The summed E-state index contributed by atoms with van der Waals surface area (Å²) in [5, 5.41) is 9.39. The van der Waals surface area contributed by atoms with Crippen molar-refractivity contribution in [1.29, 1.82) is 0 Å². The summed E-state index contributed by atoms with van der Waals surface area (Å²) in [5.41, 5.74) is 2.49. The van der Waals surface area contributed by atoms with Crippen molar-refractivity contribution >= 4 is 23.2 Å². The van der Waals surface area contributed by atoms with Crippen LogP contribution in [0.25, 0.3) is 5.69 Å².